The van der Waals surface area contributed by atoms with Crippen molar-refractivity contribution in [2.45, 2.75) is 25.1 Å². The van der Waals surface area contributed by atoms with Crippen LogP contribution in [0.15, 0.2) is 42.6 Å². The number of nitrogen functional groups attached to an aromatic ring is 1. The number of benzene rings is 2. The molecular weight excluding hydrogens is 482 g/mol. The second kappa shape index (κ2) is 9.88. The molecule has 1 aliphatic rings. The first kappa shape index (κ1) is 25.0. The summed E-state index contributed by atoms with van der Waals surface area (Å²) in [5.74, 6) is -0.655. The lowest BCUT2D eigenvalue weighted by molar-refractivity contribution is -0.137. The van der Waals surface area contributed by atoms with Crippen LogP contribution >= 0.6 is 0 Å². The molecule has 1 fully saturated rings. The number of amides is 2. The topological polar surface area (TPSA) is 113 Å². The van der Waals surface area contributed by atoms with Gasteiger partial charge in [-0.1, -0.05) is 24.3 Å². The van der Waals surface area contributed by atoms with Crippen LogP contribution in [0.4, 0.5) is 28.0 Å². The first-order valence-corrected chi connectivity index (χ1v) is 11.0. The number of alkyl carbamates (subject to hydrolysis) is 1. The maximum absolute atomic E-state index is 14.0. The molecule has 12 heteroatoms. The standard InChI is InChI=1S/C24H23F4N5O3/c1-36-23(35)31-12-21(34)33-8-2-3-20(33)22-30-11-19(32-22)14-6-4-13(5-7-14)15-9-17(25)18(29)10-16(15)24(26,27)28/h4-7,9-11,20H,2-3,8,12,29H2,1H3,(H,30,32)(H,31,35). The number of rotatable bonds is 5. The summed E-state index contributed by atoms with van der Waals surface area (Å²) in [4.78, 5) is 33.0. The van der Waals surface area contributed by atoms with Gasteiger partial charge in [0, 0.05) is 6.54 Å². The maximum atomic E-state index is 14.0. The predicted octanol–water partition coefficient (Wildman–Crippen LogP) is 4.50. The molecule has 4 N–H and O–H groups in total. The third-order valence-corrected chi connectivity index (χ3v) is 6.00. The molecule has 190 valence electrons. The van der Waals surface area contributed by atoms with Crippen LogP contribution in [-0.4, -0.2) is 47.1 Å². The van der Waals surface area contributed by atoms with Gasteiger partial charge < -0.3 is 25.7 Å². The zero-order valence-corrected chi connectivity index (χ0v) is 19.2. The first-order chi connectivity index (χ1) is 17.1. The summed E-state index contributed by atoms with van der Waals surface area (Å²) in [6.07, 6.45) is -2.39. The lowest BCUT2D eigenvalue weighted by Gasteiger charge is -2.23. The SMILES string of the molecule is COC(=O)NCC(=O)N1CCCC1c1ncc(-c2ccc(-c3cc(F)c(N)cc3C(F)(F)F)cc2)[nH]1. The molecule has 2 heterocycles. The summed E-state index contributed by atoms with van der Waals surface area (Å²) in [6, 6.07) is 7.17. The van der Waals surface area contributed by atoms with Crippen molar-refractivity contribution in [1.82, 2.24) is 20.2 Å². The minimum absolute atomic E-state index is 0.176. The highest BCUT2D eigenvalue weighted by Gasteiger charge is 2.35. The van der Waals surface area contributed by atoms with Gasteiger partial charge in [0.1, 0.15) is 18.2 Å². The molecule has 3 aromatic rings. The number of aromatic amines is 1. The van der Waals surface area contributed by atoms with Crippen LogP contribution in [0, 0.1) is 5.82 Å². The van der Waals surface area contributed by atoms with E-state index < -0.39 is 29.3 Å². The molecule has 1 aromatic heterocycles. The van der Waals surface area contributed by atoms with E-state index in [4.69, 9.17) is 5.73 Å². The molecule has 0 bridgehead atoms. The molecule has 2 amide bonds. The molecule has 0 saturated carbocycles. The number of nitrogens with one attached hydrogen (secondary N) is 2. The molecule has 36 heavy (non-hydrogen) atoms. The molecule has 2 aromatic carbocycles. The molecule has 0 spiro atoms. The van der Waals surface area contributed by atoms with E-state index in [0.29, 0.717) is 36.1 Å². The van der Waals surface area contributed by atoms with E-state index in [9.17, 15) is 27.2 Å². The Kier molecular flexibility index (Phi) is 6.86. The molecule has 4 rings (SSSR count). The van der Waals surface area contributed by atoms with Gasteiger partial charge in [-0.3, -0.25) is 4.79 Å². The van der Waals surface area contributed by atoms with Crippen LogP contribution in [0.1, 0.15) is 30.3 Å². The lowest BCUT2D eigenvalue weighted by Crippen LogP contribution is -2.40. The van der Waals surface area contributed by atoms with Crippen molar-refractivity contribution in [1.29, 1.82) is 0 Å². The van der Waals surface area contributed by atoms with Gasteiger partial charge >= 0.3 is 12.3 Å². The molecule has 0 aliphatic carbocycles. The average molecular weight is 505 g/mol. The van der Waals surface area contributed by atoms with Crippen molar-refractivity contribution in [2.75, 3.05) is 25.9 Å². The number of alkyl halides is 3. The number of H-pyrrole nitrogens is 1. The third kappa shape index (κ3) is 5.11. The number of methoxy groups -OCH3 is 1. The zero-order chi connectivity index (χ0) is 26.0. The number of likely N-dealkylation sites (tertiary alicyclic amines) is 1. The Balaban J connectivity index is 1.54. The summed E-state index contributed by atoms with van der Waals surface area (Å²) < 4.78 is 58.9. The Bertz CT molecular complexity index is 1270. The molecule has 8 nitrogen and oxygen atoms in total. The van der Waals surface area contributed by atoms with Crippen LogP contribution < -0.4 is 11.1 Å². The van der Waals surface area contributed by atoms with Crippen molar-refractivity contribution in [3.05, 3.63) is 59.8 Å². The van der Waals surface area contributed by atoms with Crippen molar-refractivity contribution >= 4 is 17.7 Å². The number of carbonyl (C=O) groups excluding carboxylic acids is 2. The minimum atomic E-state index is -4.70. The van der Waals surface area contributed by atoms with Gasteiger partial charge in [0.15, 0.2) is 0 Å². The van der Waals surface area contributed by atoms with Gasteiger partial charge in [0.05, 0.1) is 36.3 Å². The number of nitrogens with two attached hydrogens (primary N) is 1. The fourth-order valence-electron chi connectivity index (χ4n) is 4.22. The highest BCUT2D eigenvalue weighted by Crippen LogP contribution is 2.39. The summed E-state index contributed by atoms with van der Waals surface area (Å²) in [5, 5.41) is 2.37. The van der Waals surface area contributed by atoms with Crippen molar-refractivity contribution in [3.8, 4) is 22.4 Å². The number of carbonyl (C=O) groups is 2. The molecule has 0 radical (unpaired) electrons. The van der Waals surface area contributed by atoms with Crippen molar-refractivity contribution in [2.24, 2.45) is 0 Å². The minimum Gasteiger partial charge on any atom is -0.453 e. The highest BCUT2D eigenvalue weighted by atomic mass is 19.4. The monoisotopic (exact) mass is 505 g/mol. The molecule has 1 saturated heterocycles. The molecule has 1 atom stereocenters. The van der Waals surface area contributed by atoms with E-state index in [0.717, 1.165) is 12.5 Å². The number of aromatic nitrogens is 2. The van der Waals surface area contributed by atoms with Gasteiger partial charge in [-0.2, -0.15) is 13.2 Å². The smallest absolute Gasteiger partial charge is 0.417 e. The van der Waals surface area contributed by atoms with Crippen LogP contribution in [0.5, 0.6) is 0 Å². The van der Waals surface area contributed by atoms with E-state index in [1.165, 1.54) is 19.2 Å². The van der Waals surface area contributed by atoms with E-state index in [2.05, 4.69) is 20.0 Å². The molecule has 1 aliphatic heterocycles. The number of imidazole rings is 1. The second-order valence-corrected chi connectivity index (χ2v) is 8.27. The largest absolute Gasteiger partial charge is 0.453 e. The van der Waals surface area contributed by atoms with Crippen LogP contribution in [-0.2, 0) is 15.7 Å². The summed E-state index contributed by atoms with van der Waals surface area (Å²) in [7, 11) is 1.21. The Morgan fingerprint density at radius 3 is 2.58 bits per heavy atom. The zero-order valence-electron chi connectivity index (χ0n) is 19.2. The fraction of sp³-hybridized carbons (Fsp3) is 0.292. The van der Waals surface area contributed by atoms with Gasteiger partial charge in [0.2, 0.25) is 5.91 Å². The fourth-order valence-corrected chi connectivity index (χ4v) is 4.22. The number of nitrogens with zero attached hydrogens (tertiary/aromatic N) is 2. The summed E-state index contributed by atoms with van der Waals surface area (Å²) in [6.45, 7) is 0.306. The van der Waals surface area contributed by atoms with Crippen LogP contribution in [0.25, 0.3) is 22.4 Å². The number of anilines is 1. The number of ether oxygens (including phenoxy) is 1. The summed E-state index contributed by atoms with van der Waals surface area (Å²) in [5.41, 5.74) is 4.86. The Morgan fingerprint density at radius 1 is 1.22 bits per heavy atom. The molecule has 1 unspecified atom stereocenters. The maximum Gasteiger partial charge on any atom is 0.417 e. The van der Waals surface area contributed by atoms with Gasteiger partial charge in [-0.15, -0.1) is 0 Å². The average Bonchev–Trinajstić information content (AvgIpc) is 3.53. The quantitative estimate of drug-likeness (QED) is 0.349. The van der Waals surface area contributed by atoms with E-state index in [1.807, 2.05) is 0 Å². The molecular formula is C24H23F4N5O3. The number of hydrogen-bond donors (Lipinski definition) is 3. The van der Waals surface area contributed by atoms with E-state index in [-0.39, 0.29) is 29.6 Å². The summed E-state index contributed by atoms with van der Waals surface area (Å²) >= 11 is 0. The lowest BCUT2D eigenvalue weighted by atomic mass is 9.97. The second-order valence-electron chi connectivity index (χ2n) is 8.27. The normalized spacial score (nSPS) is 15.7. The Hall–Kier alpha value is -4.09. The number of halogens is 4. The van der Waals surface area contributed by atoms with Gasteiger partial charge in [-0.25, -0.2) is 14.2 Å². The van der Waals surface area contributed by atoms with Crippen molar-refractivity contribution < 1.29 is 31.9 Å². The number of hydrogen-bond acceptors (Lipinski definition) is 5. The predicted molar refractivity (Wildman–Crippen MR) is 123 cm³/mol. The van der Waals surface area contributed by atoms with Gasteiger partial charge in [0.25, 0.3) is 0 Å². The Labute approximate surface area is 203 Å². The van der Waals surface area contributed by atoms with Gasteiger partial charge in [-0.05, 0) is 41.7 Å². The highest BCUT2D eigenvalue weighted by molar-refractivity contribution is 5.82. The van der Waals surface area contributed by atoms with Crippen molar-refractivity contribution in [3.63, 3.8) is 0 Å². The Morgan fingerprint density at radius 2 is 1.92 bits per heavy atom. The van der Waals surface area contributed by atoms with Crippen LogP contribution in [0.3, 0.4) is 0 Å². The van der Waals surface area contributed by atoms with Crippen LogP contribution in [0.2, 0.25) is 0 Å². The van der Waals surface area contributed by atoms with E-state index in [1.54, 1.807) is 23.2 Å². The first-order valence-electron chi connectivity index (χ1n) is 11.0. The van der Waals surface area contributed by atoms with E-state index >= 15 is 0 Å². The third-order valence-electron chi connectivity index (χ3n) is 6.00.